The van der Waals surface area contributed by atoms with E-state index < -0.39 is 0 Å². The average molecular weight is 268 g/mol. The zero-order valence-electron chi connectivity index (χ0n) is 13.9. The van der Waals surface area contributed by atoms with Crippen LogP contribution < -0.4 is 5.32 Å². The fourth-order valence-electron chi connectivity index (χ4n) is 3.97. The van der Waals surface area contributed by atoms with Gasteiger partial charge in [-0.2, -0.15) is 0 Å². The van der Waals surface area contributed by atoms with Gasteiger partial charge in [0.05, 0.1) is 0 Å². The first-order chi connectivity index (χ1) is 9.13. The van der Waals surface area contributed by atoms with E-state index in [1.807, 2.05) is 0 Å². The van der Waals surface area contributed by atoms with Crippen molar-refractivity contribution in [3.05, 3.63) is 0 Å². The summed E-state index contributed by atoms with van der Waals surface area (Å²) in [5.74, 6) is 1.71. The minimum absolute atomic E-state index is 0.705. The van der Waals surface area contributed by atoms with E-state index in [4.69, 9.17) is 0 Å². The van der Waals surface area contributed by atoms with E-state index in [0.29, 0.717) is 6.04 Å². The summed E-state index contributed by atoms with van der Waals surface area (Å²) >= 11 is 0. The summed E-state index contributed by atoms with van der Waals surface area (Å²) in [6.45, 7) is 15.5. The molecule has 0 aromatic rings. The van der Waals surface area contributed by atoms with Crippen LogP contribution in [0.25, 0.3) is 0 Å². The van der Waals surface area contributed by atoms with Gasteiger partial charge in [0, 0.05) is 12.1 Å². The first-order valence-electron chi connectivity index (χ1n) is 8.61. The van der Waals surface area contributed by atoms with Crippen LogP contribution in [0.1, 0.15) is 66.7 Å². The maximum Gasteiger partial charge on any atom is 0.0275 e. The lowest BCUT2D eigenvalue weighted by atomic mass is 9.75. The molecule has 4 unspecified atom stereocenters. The highest BCUT2D eigenvalue weighted by Gasteiger charge is 2.36. The van der Waals surface area contributed by atoms with Crippen molar-refractivity contribution in [2.75, 3.05) is 19.6 Å². The minimum atomic E-state index is 0.705. The van der Waals surface area contributed by atoms with Crippen LogP contribution in [-0.2, 0) is 0 Å². The lowest BCUT2D eigenvalue weighted by molar-refractivity contribution is 0.0610. The molecule has 1 rings (SSSR count). The summed E-state index contributed by atoms with van der Waals surface area (Å²) in [6.07, 6.45) is 6.56. The van der Waals surface area contributed by atoms with E-state index in [1.165, 1.54) is 51.7 Å². The molecule has 0 aliphatic heterocycles. The Morgan fingerprint density at radius 2 is 1.58 bits per heavy atom. The first-order valence-corrected chi connectivity index (χ1v) is 8.61. The lowest BCUT2D eigenvalue weighted by Gasteiger charge is -2.46. The highest BCUT2D eigenvalue weighted by Crippen LogP contribution is 2.32. The van der Waals surface area contributed by atoms with Crippen LogP contribution in [0.4, 0.5) is 0 Å². The van der Waals surface area contributed by atoms with Gasteiger partial charge in [-0.05, 0) is 63.6 Å². The summed E-state index contributed by atoms with van der Waals surface area (Å²) in [4.78, 5) is 2.77. The second kappa shape index (κ2) is 8.97. The molecule has 19 heavy (non-hydrogen) atoms. The van der Waals surface area contributed by atoms with E-state index >= 15 is 0 Å². The van der Waals surface area contributed by atoms with E-state index in [-0.39, 0.29) is 0 Å². The highest BCUT2D eigenvalue weighted by molar-refractivity contribution is 4.93. The summed E-state index contributed by atoms with van der Waals surface area (Å²) < 4.78 is 0. The topological polar surface area (TPSA) is 15.3 Å². The van der Waals surface area contributed by atoms with Gasteiger partial charge in [0.1, 0.15) is 0 Å². The van der Waals surface area contributed by atoms with Gasteiger partial charge in [0.15, 0.2) is 0 Å². The molecule has 2 heteroatoms. The zero-order chi connectivity index (χ0) is 14.3. The number of hydrogen-bond donors (Lipinski definition) is 1. The molecule has 0 spiro atoms. The predicted molar refractivity (Wildman–Crippen MR) is 85.6 cm³/mol. The van der Waals surface area contributed by atoms with E-state index in [0.717, 1.165) is 17.9 Å². The number of nitrogens with zero attached hydrogens (tertiary/aromatic N) is 1. The van der Waals surface area contributed by atoms with Crippen molar-refractivity contribution in [2.24, 2.45) is 11.8 Å². The normalized spacial score (nSPS) is 31.9. The molecule has 1 aliphatic rings. The quantitative estimate of drug-likeness (QED) is 0.718. The van der Waals surface area contributed by atoms with E-state index in [9.17, 15) is 0 Å². The molecule has 0 aromatic heterocycles. The Morgan fingerprint density at radius 1 is 0.947 bits per heavy atom. The molecule has 0 heterocycles. The molecule has 4 atom stereocenters. The van der Waals surface area contributed by atoms with Crippen molar-refractivity contribution in [3.8, 4) is 0 Å². The minimum Gasteiger partial charge on any atom is -0.312 e. The fourth-order valence-corrected chi connectivity index (χ4v) is 3.97. The Balaban J connectivity index is 2.74. The Kier molecular flexibility index (Phi) is 8.01. The standard InChI is InChI=1S/C17H36N2/c1-6-9-18-16-13-14(4)12-15(5)17(16)19(10-7-2)11-8-3/h14-18H,6-13H2,1-5H3. The van der Waals surface area contributed by atoms with Gasteiger partial charge >= 0.3 is 0 Å². The Morgan fingerprint density at radius 3 is 2.11 bits per heavy atom. The van der Waals surface area contributed by atoms with Crippen LogP contribution in [-0.4, -0.2) is 36.6 Å². The molecule has 1 fully saturated rings. The van der Waals surface area contributed by atoms with Crippen molar-refractivity contribution in [2.45, 2.75) is 78.8 Å². The van der Waals surface area contributed by atoms with Crippen molar-refractivity contribution >= 4 is 0 Å². The average Bonchev–Trinajstić information content (AvgIpc) is 2.35. The Bertz CT molecular complexity index is 223. The third-order valence-electron chi connectivity index (χ3n) is 4.53. The Labute approximate surface area is 121 Å². The molecule has 0 saturated heterocycles. The molecule has 1 N–H and O–H groups in total. The van der Waals surface area contributed by atoms with Crippen molar-refractivity contribution in [3.63, 3.8) is 0 Å². The molecule has 0 aromatic carbocycles. The second-order valence-electron chi connectivity index (χ2n) is 6.64. The van der Waals surface area contributed by atoms with Crippen LogP contribution >= 0.6 is 0 Å². The molecular weight excluding hydrogens is 232 g/mol. The third kappa shape index (κ3) is 5.07. The maximum atomic E-state index is 3.84. The highest BCUT2D eigenvalue weighted by atomic mass is 15.2. The fraction of sp³-hybridized carbons (Fsp3) is 1.00. The summed E-state index contributed by atoms with van der Waals surface area (Å²) in [7, 11) is 0. The van der Waals surface area contributed by atoms with Crippen LogP contribution in [0.5, 0.6) is 0 Å². The van der Waals surface area contributed by atoms with Crippen LogP contribution in [0.2, 0.25) is 0 Å². The van der Waals surface area contributed by atoms with Crippen molar-refractivity contribution in [1.82, 2.24) is 10.2 Å². The van der Waals surface area contributed by atoms with Gasteiger partial charge < -0.3 is 5.32 Å². The Hall–Kier alpha value is -0.0800. The molecule has 0 radical (unpaired) electrons. The molecule has 1 saturated carbocycles. The predicted octanol–water partition coefficient (Wildman–Crippen LogP) is 3.91. The van der Waals surface area contributed by atoms with Gasteiger partial charge in [-0.1, -0.05) is 34.6 Å². The summed E-state index contributed by atoms with van der Waals surface area (Å²) in [5.41, 5.74) is 0. The van der Waals surface area contributed by atoms with Gasteiger partial charge in [-0.3, -0.25) is 4.90 Å². The van der Waals surface area contributed by atoms with E-state index in [2.05, 4.69) is 44.8 Å². The first kappa shape index (κ1) is 17.0. The second-order valence-corrected chi connectivity index (χ2v) is 6.64. The van der Waals surface area contributed by atoms with E-state index in [1.54, 1.807) is 0 Å². The molecule has 1 aliphatic carbocycles. The van der Waals surface area contributed by atoms with Crippen molar-refractivity contribution < 1.29 is 0 Å². The molecule has 0 bridgehead atoms. The monoisotopic (exact) mass is 268 g/mol. The van der Waals surface area contributed by atoms with Crippen LogP contribution in [0.15, 0.2) is 0 Å². The smallest absolute Gasteiger partial charge is 0.0275 e. The zero-order valence-corrected chi connectivity index (χ0v) is 13.9. The molecular formula is C17H36N2. The van der Waals surface area contributed by atoms with Gasteiger partial charge in [-0.15, -0.1) is 0 Å². The number of nitrogens with one attached hydrogen (secondary N) is 1. The largest absolute Gasteiger partial charge is 0.312 e. The lowest BCUT2D eigenvalue weighted by Crippen LogP contribution is -2.57. The SMILES string of the molecule is CCCNC1CC(C)CC(C)C1N(CCC)CCC. The molecule has 0 amide bonds. The van der Waals surface area contributed by atoms with Crippen LogP contribution in [0, 0.1) is 11.8 Å². The van der Waals surface area contributed by atoms with Crippen molar-refractivity contribution in [1.29, 1.82) is 0 Å². The summed E-state index contributed by atoms with van der Waals surface area (Å²) in [6, 6.07) is 1.46. The number of hydrogen-bond acceptors (Lipinski definition) is 2. The molecule has 2 nitrogen and oxygen atoms in total. The maximum absolute atomic E-state index is 3.84. The van der Waals surface area contributed by atoms with Gasteiger partial charge in [0.25, 0.3) is 0 Å². The van der Waals surface area contributed by atoms with Gasteiger partial charge in [0.2, 0.25) is 0 Å². The molecule has 114 valence electrons. The van der Waals surface area contributed by atoms with Gasteiger partial charge in [-0.25, -0.2) is 0 Å². The number of rotatable bonds is 8. The third-order valence-corrected chi connectivity index (χ3v) is 4.53. The van der Waals surface area contributed by atoms with Crippen LogP contribution in [0.3, 0.4) is 0 Å². The summed E-state index contributed by atoms with van der Waals surface area (Å²) in [5, 5.41) is 3.84.